The van der Waals surface area contributed by atoms with E-state index in [1.807, 2.05) is 12.1 Å². The molecule has 1 amide bonds. The minimum atomic E-state index is -0.138. The molecule has 0 bridgehead atoms. The zero-order valence-electron chi connectivity index (χ0n) is 13.4. The second-order valence-corrected chi connectivity index (χ2v) is 5.80. The van der Waals surface area contributed by atoms with E-state index < -0.39 is 0 Å². The van der Waals surface area contributed by atoms with Gasteiger partial charge in [-0.2, -0.15) is 0 Å². The molecule has 6 heteroatoms. The van der Waals surface area contributed by atoms with Gasteiger partial charge in [-0.3, -0.25) is 4.79 Å². The Morgan fingerprint density at radius 1 is 1.21 bits per heavy atom. The number of pyridine rings is 1. The van der Waals surface area contributed by atoms with E-state index in [9.17, 15) is 4.79 Å². The Morgan fingerprint density at radius 3 is 2.62 bits per heavy atom. The molecule has 5 nitrogen and oxygen atoms in total. The van der Waals surface area contributed by atoms with Gasteiger partial charge in [-0.25, -0.2) is 4.98 Å². The third kappa shape index (κ3) is 4.61. The highest BCUT2D eigenvalue weighted by Crippen LogP contribution is 2.25. The molecule has 1 aliphatic carbocycles. The number of nitrogens with one attached hydrogen (secondary N) is 1. The van der Waals surface area contributed by atoms with Gasteiger partial charge in [0.15, 0.2) is 0 Å². The number of nitrogens with zero attached hydrogens (tertiary/aromatic N) is 1. The van der Waals surface area contributed by atoms with Gasteiger partial charge in [0.25, 0.3) is 5.91 Å². The maximum absolute atomic E-state index is 12.2. The molecule has 0 unspecified atom stereocenters. The van der Waals surface area contributed by atoms with E-state index in [1.54, 1.807) is 30.5 Å². The van der Waals surface area contributed by atoms with Gasteiger partial charge < -0.3 is 15.8 Å². The van der Waals surface area contributed by atoms with Crippen LogP contribution in [0.2, 0.25) is 0 Å². The van der Waals surface area contributed by atoms with E-state index in [0.717, 1.165) is 18.4 Å². The summed E-state index contributed by atoms with van der Waals surface area (Å²) in [6, 6.07) is 10.6. The second-order valence-electron chi connectivity index (χ2n) is 5.80. The summed E-state index contributed by atoms with van der Waals surface area (Å²) in [6.45, 7) is 0.388. The molecule has 1 aromatic heterocycles. The van der Waals surface area contributed by atoms with Crippen molar-refractivity contribution in [2.75, 3.05) is 5.73 Å². The Labute approximate surface area is 148 Å². The van der Waals surface area contributed by atoms with Crippen LogP contribution in [-0.4, -0.2) is 17.0 Å². The number of nitrogens with two attached hydrogens (primary N) is 1. The van der Waals surface area contributed by atoms with Crippen molar-refractivity contribution < 1.29 is 9.53 Å². The molecule has 0 spiro atoms. The Morgan fingerprint density at radius 2 is 1.92 bits per heavy atom. The van der Waals surface area contributed by atoms with Crippen molar-refractivity contribution in [1.29, 1.82) is 0 Å². The van der Waals surface area contributed by atoms with Crippen LogP contribution in [0.4, 0.5) is 5.69 Å². The number of hydrogen-bond donors (Lipinski definition) is 2. The molecule has 1 heterocycles. The van der Waals surface area contributed by atoms with Crippen LogP contribution in [-0.2, 0) is 6.54 Å². The van der Waals surface area contributed by atoms with Gasteiger partial charge in [0.1, 0.15) is 6.10 Å². The number of amides is 1. The predicted octanol–water partition coefficient (Wildman–Crippen LogP) is 3.34. The van der Waals surface area contributed by atoms with Crippen LogP contribution in [0.5, 0.6) is 5.88 Å². The normalized spacial score (nSPS) is 14.0. The van der Waals surface area contributed by atoms with Gasteiger partial charge >= 0.3 is 0 Å². The second kappa shape index (κ2) is 8.55. The largest absolute Gasteiger partial charge is 0.474 e. The fourth-order valence-electron chi connectivity index (χ4n) is 2.74. The van der Waals surface area contributed by atoms with Crippen molar-refractivity contribution in [2.45, 2.75) is 38.3 Å². The highest BCUT2D eigenvalue weighted by atomic mass is 35.5. The van der Waals surface area contributed by atoms with Gasteiger partial charge in [0, 0.05) is 29.6 Å². The molecule has 1 aliphatic rings. The lowest BCUT2D eigenvalue weighted by molar-refractivity contribution is 0.0950. The van der Waals surface area contributed by atoms with Crippen LogP contribution in [0, 0.1) is 0 Å². The van der Waals surface area contributed by atoms with E-state index >= 15 is 0 Å². The first kappa shape index (κ1) is 18.1. The summed E-state index contributed by atoms with van der Waals surface area (Å²) >= 11 is 0. The first-order valence-electron chi connectivity index (χ1n) is 7.96. The highest BCUT2D eigenvalue weighted by molar-refractivity contribution is 5.94. The third-order valence-electron chi connectivity index (χ3n) is 4.04. The average molecular weight is 348 g/mol. The Hall–Kier alpha value is -2.27. The summed E-state index contributed by atoms with van der Waals surface area (Å²) in [7, 11) is 0. The molecule has 1 saturated carbocycles. The summed E-state index contributed by atoms with van der Waals surface area (Å²) in [5.41, 5.74) is 7.75. The van der Waals surface area contributed by atoms with Crippen molar-refractivity contribution >= 4 is 24.0 Å². The molecule has 0 radical (unpaired) electrons. The quantitative estimate of drug-likeness (QED) is 0.813. The number of aromatic nitrogens is 1. The van der Waals surface area contributed by atoms with E-state index in [-0.39, 0.29) is 24.4 Å². The van der Waals surface area contributed by atoms with Gasteiger partial charge in [-0.05, 0) is 56.0 Å². The monoisotopic (exact) mass is 347 g/mol. The van der Waals surface area contributed by atoms with Gasteiger partial charge in [-0.15, -0.1) is 12.4 Å². The zero-order valence-corrected chi connectivity index (χ0v) is 14.2. The number of rotatable bonds is 5. The van der Waals surface area contributed by atoms with Crippen LogP contribution in [0.15, 0.2) is 42.6 Å². The van der Waals surface area contributed by atoms with Crippen molar-refractivity contribution in [2.24, 2.45) is 0 Å². The number of carbonyl (C=O) groups is 1. The summed E-state index contributed by atoms with van der Waals surface area (Å²) in [5, 5.41) is 2.90. The number of ether oxygens (including phenoxy) is 1. The van der Waals surface area contributed by atoms with E-state index in [2.05, 4.69) is 10.3 Å². The maximum Gasteiger partial charge on any atom is 0.251 e. The van der Waals surface area contributed by atoms with Crippen molar-refractivity contribution in [1.82, 2.24) is 10.3 Å². The maximum atomic E-state index is 12.2. The number of hydrogen-bond acceptors (Lipinski definition) is 4. The van der Waals surface area contributed by atoms with Crippen molar-refractivity contribution in [3.8, 4) is 5.88 Å². The molecule has 3 N–H and O–H groups in total. The molecule has 0 aliphatic heterocycles. The van der Waals surface area contributed by atoms with E-state index in [4.69, 9.17) is 10.5 Å². The van der Waals surface area contributed by atoms with Crippen LogP contribution in [0.1, 0.15) is 41.6 Å². The van der Waals surface area contributed by atoms with E-state index in [1.165, 1.54) is 12.8 Å². The van der Waals surface area contributed by atoms with Crippen LogP contribution >= 0.6 is 12.4 Å². The molecular formula is C18H22ClN3O2. The Kier molecular flexibility index (Phi) is 6.44. The molecule has 1 aromatic carbocycles. The standard InChI is InChI=1S/C18H21N3O2.ClH/c19-15-9-7-13(8-10-15)17(22)21-12-14-4-3-11-20-18(14)23-16-5-1-2-6-16;/h3-4,7-11,16H,1-2,5-6,12,19H2,(H,21,22);1H. The van der Waals surface area contributed by atoms with Crippen molar-refractivity contribution in [3.63, 3.8) is 0 Å². The molecule has 0 atom stereocenters. The lowest BCUT2D eigenvalue weighted by Crippen LogP contribution is -2.23. The van der Waals surface area contributed by atoms with Gasteiger partial charge in [0.05, 0.1) is 0 Å². The lowest BCUT2D eigenvalue weighted by Gasteiger charge is -2.15. The Bertz CT molecular complexity index is 670. The molecule has 1 fully saturated rings. The van der Waals surface area contributed by atoms with Crippen molar-refractivity contribution in [3.05, 3.63) is 53.7 Å². The number of nitrogen functional groups attached to an aromatic ring is 1. The van der Waals surface area contributed by atoms with Crippen LogP contribution in [0.25, 0.3) is 0 Å². The molecule has 0 saturated heterocycles. The highest BCUT2D eigenvalue weighted by Gasteiger charge is 2.18. The molecule has 24 heavy (non-hydrogen) atoms. The molecule has 128 valence electrons. The first-order valence-corrected chi connectivity index (χ1v) is 7.96. The minimum Gasteiger partial charge on any atom is -0.474 e. The zero-order chi connectivity index (χ0) is 16.1. The van der Waals surface area contributed by atoms with E-state index in [0.29, 0.717) is 23.7 Å². The lowest BCUT2D eigenvalue weighted by atomic mass is 10.2. The molecular weight excluding hydrogens is 326 g/mol. The van der Waals surface area contributed by atoms with Crippen LogP contribution < -0.4 is 15.8 Å². The number of carbonyl (C=O) groups excluding carboxylic acids is 1. The fourth-order valence-corrected chi connectivity index (χ4v) is 2.74. The smallest absolute Gasteiger partial charge is 0.251 e. The fraction of sp³-hybridized carbons (Fsp3) is 0.333. The first-order chi connectivity index (χ1) is 11.2. The average Bonchev–Trinajstić information content (AvgIpc) is 3.07. The number of halogens is 1. The third-order valence-corrected chi connectivity index (χ3v) is 4.04. The number of benzene rings is 1. The van der Waals surface area contributed by atoms with Gasteiger partial charge in [-0.1, -0.05) is 6.07 Å². The summed E-state index contributed by atoms with van der Waals surface area (Å²) < 4.78 is 5.98. The van der Waals surface area contributed by atoms with Gasteiger partial charge in [0.2, 0.25) is 5.88 Å². The minimum absolute atomic E-state index is 0. The molecule has 2 aromatic rings. The predicted molar refractivity (Wildman–Crippen MR) is 96.4 cm³/mol. The van der Waals surface area contributed by atoms with Crippen LogP contribution in [0.3, 0.4) is 0 Å². The Balaban J connectivity index is 0.00000208. The summed E-state index contributed by atoms with van der Waals surface area (Å²) in [4.78, 5) is 16.5. The summed E-state index contributed by atoms with van der Waals surface area (Å²) in [6.07, 6.45) is 6.54. The topological polar surface area (TPSA) is 77.2 Å². The molecule has 3 rings (SSSR count). The summed E-state index contributed by atoms with van der Waals surface area (Å²) in [5.74, 6) is 0.484. The number of anilines is 1. The SMILES string of the molecule is Cl.Nc1ccc(C(=O)NCc2cccnc2OC2CCCC2)cc1.